The minimum Gasteiger partial charge on any atom is -0.496 e. The number of aromatic nitrogens is 3. The van der Waals surface area contributed by atoms with Crippen LogP contribution in [0.4, 0.5) is 5.69 Å². The molecule has 9 heteroatoms. The SMILES string of the molecule is COc1ccc(NC(=O)c2nc3ncccc3[nH]2)cc1C(=O)NCCCN. The summed E-state index contributed by atoms with van der Waals surface area (Å²) < 4.78 is 5.23. The molecule has 2 aromatic heterocycles. The molecule has 3 rings (SSSR count). The van der Waals surface area contributed by atoms with Crippen LogP contribution in [0.3, 0.4) is 0 Å². The molecule has 27 heavy (non-hydrogen) atoms. The average molecular weight is 368 g/mol. The molecule has 9 nitrogen and oxygen atoms in total. The van der Waals surface area contributed by atoms with Gasteiger partial charge in [-0.3, -0.25) is 9.59 Å². The summed E-state index contributed by atoms with van der Waals surface area (Å²) in [5.41, 5.74) is 7.32. The lowest BCUT2D eigenvalue weighted by Gasteiger charge is -2.11. The van der Waals surface area contributed by atoms with Crippen molar-refractivity contribution in [1.82, 2.24) is 20.3 Å². The predicted octanol–water partition coefficient (Wildman–Crippen LogP) is 1.30. The van der Waals surface area contributed by atoms with E-state index in [1.165, 1.54) is 7.11 Å². The van der Waals surface area contributed by atoms with Crippen molar-refractivity contribution in [3.63, 3.8) is 0 Å². The number of fused-ring (bicyclic) bond motifs is 1. The highest BCUT2D eigenvalue weighted by Gasteiger charge is 2.16. The smallest absolute Gasteiger partial charge is 0.291 e. The molecule has 0 spiro atoms. The van der Waals surface area contributed by atoms with Crippen molar-refractivity contribution in [1.29, 1.82) is 0 Å². The van der Waals surface area contributed by atoms with Gasteiger partial charge in [-0.15, -0.1) is 0 Å². The van der Waals surface area contributed by atoms with E-state index >= 15 is 0 Å². The normalized spacial score (nSPS) is 10.6. The Labute approximate surface area is 155 Å². The number of benzene rings is 1. The van der Waals surface area contributed by atoms with Gasteiger partial charge in [0.25, 0.3) is 11.8 Å². The second-order valence-electron chi connectivity index (χ2n) is 5.73. The monoisotopic (exact) mass is 368 g/mol. The zero-order chi connectivity index (χ0) is 19.2. The number of nitrogens with two attached hydrogens (primary N) is 1. The summed E-state index contributed by atoms with van der Waals surface area (Å²) in [4.78, 5) is 36.0. The van der Waals surface area contributed by atoms with Gasteiger partial charge in [-0.05, 0) is 43.3 Å². The number of hydrogen-bond donors (Lipinski definition) is 4. The standard InChI is InChI=1S/C18H20N6O3/c1-27-14-6-5-11(10-12(14)17(25)21-9-3-7-19)22-18(26)16-23-13-4-2-8-20-15(13)24-16/h2,4-6,8,10H,3,7,9,19H2,1H3,(H,21,25)(H,22,26)(H,20,23,24). The minimum atomic E-state index is -0.437. The van der Waals surface area contributed by atoms with Crippen molar-refractivity contribution in [3.8, 4) is 5.75 Å². The molecule has 140 valence electrons. The van der Waals surface area contributed by atoms with Gasteiger partial charge in [0.1, 0.15) is 5.75 Å². The van der Waals surface area contributed by atoms with Crippen LogP contribution in [0.25, 0.3) is 11.2 Å². The lowest BCUT2D eigenvalue weighted by molar-refractivity contribution is 0.0949. The first-order chi connectivity index (χ1) is 13.1. The van der Waals surface area contributed by atoms with E-state index in [0.717, 1.165) is 0 Å². The fourth-order valence-electron chi connectivity index (χ4n) is 2.51. The van der Waals surface area contributed by atoms with Gasteiger partial charge in [0.15, 0.2) is 11.5 Å². The third-order valence-corrected chi connectivity index (χ3v) is 3.84. The Hall–Kier alpha value is -3.46. The van der Waals surface area contributed by atoms with E-state index in [-0.39, 0.29) is 11.7 Å². The molecule has 0 aliphatic heterocycles. The Morgan fingerprint density at radius 3 is 2.85 bits per heavy atom. The molecule has 0 bridgehead atoms. The molecule has 0 aliphatic rings. The first-order valence-electron chi connectivity index (χ1n) is 8.40. The Morgan fingerprint density at radius 2 is 2.11 bits per heavy atom. The number of carbonyl (C=O) groups excluding carboxylic acids is 2. The average Bonchev–Trinajstić information content (AvgIpc) is 3.12. The van der Waals surface area contributed by atoms with Gasteiger partial charge < -0.3 is 26.1 Å². The zero-order valence-electron chi connectivity index (χ0n) is 14.8. The van der Waals surface area contributed by atoms with Gasteiger partial charge in [0, 0.05) is 18.4 Å². The number of hydrogen-bond acceptors (Lipinski definition) is 6. The van der Waals surface area contributed by atoms with E-state index in [1.807, 2.05) is 0 Å². The number of nitrogens with zero attached hydrogens (tertiary/aromatic N) is 2. The first-order valence-corrected chi connectivity index (χ1v) is 8.40. The summed E-state index contributed by atoms with van der Waals surface area (Å²) in [5.74, 6) is -0.198. The molecule has 0 saturated heterocycles. The van der Waals surface area contributed by atoms with Gasteiger partial charge in [-0.25, -0.2) is 9.97 Å². The van der Waals surface area contributed by atoms with Crippen molar-refractivity contribution in [2.75, 3.05) is 25.5 Å². The maximum absolute atomic E-state index is 12.5. The summed E-state index contributed by atoms with van der Waals surface area (Å²) in [7, 11) is 1.48. The summed E-state index contributed by atoms with van der Waals surface area (Å²) >= 11 is 0. The number of pyridine rings is 1. The fourth-order valence-corrected chi connectivity index (χ4v) is 2.51. The second kappa shape index (κ2) is 8.28. The topological polar surface area (TPSA) is 135 Å². The van der Waals surface area contributed by atoms with E-state index in [4.69, 9.17) is 10.5 Å². The van der Waals surface area contributed by atoms with Crippen molar-refractivity contribution < 1.29 is 14.3 Å². The summed E-state index contributed by atoms with van der Waals surface area (Å²) in [6, 6.07) is 8.35. The van der Waals surface area contributed by atoms with Gasteiger partial charge in [-0.2, -0.15) is 0 Å². The van der Waals surface area contributed by atoms with E-state index < -0.39 is 5.91 Å². The third-order valence-electron chi connectivity index (χ3n) is 3.84. The highest BCUT2D eigenvalue weighted by molar-refractivity contribution is 6.04. The lowest BCUT2D eigenvalue weighted by atomic mass is 10.1. The fraction of sp³-hybridized carbons (Fsp3) is 0.222. The lowest BCUT2D eigenvalue weighted by Crippen LogP contribution is -2.26. The van der Waals surface area contributed by atoms with E-state index in [0.29, 0.717) is 47.7 Å². The van der Waals surface area contributed by atoms with Crippen molar-refractivity contribution in [2.24, 2.45) is 5.73 Å². The quantitative estimate of drug-likeness (QED) is 0.464. The largest absolute Gasteiger partial charge is 0.496 e. The number of amides is 2. The molecular formula is C18H20N6O3. The highest BCUT2D eigenvalue weighted by Crippen LogP contribution is 2.23. The van der Waals surface area contributed by atoms with Crippen LogP contribution in [0.2, 0.25) is 0 Å². The van der Waals surface area contributed by atoms with Crippen LogP contribution in [0.5, 0.6) is 5.75 Å². The molecule has 0 aliphatic carbocycles. The molecule has 2 heterocycles. The number of ether oxygens (including phenoxy) is 1. The van der Waals surface area contributed by atoms with Crippen LogP contribution >= 0.6 is 0 Å². The molecule has 0 radical (unpaired) electrons. The van der Waals surface area contributed by atoms with E-state index in [9.17, 15) is 9.59 Å². The summed E-state index contributed by atoms with van der Waals surface area (Å²) in [6.07, 6.45) is 2.27. The van der Waals surface area contributed by atoms with Crippen LogP contribution < -0.4 is 21.1 Å². The number of methoxy groups -OCH3 is 1. The van der Waals surface area contributed by atoms with Gasteiger partial charge in [-0.1, -0.05) is 0 Å². The van der Waals surface area contributed by atoms with E-state index in [2.05, 4.69) is 25.6 Å². The molecular weight excluding hydrogens is 348 g/mol. The molecule has 2 amide bonds. The molecule has 0 unspecified atom stereocenters. The number of nitrogens with one attached hydrogen (secondary N) is 3. The minimum absolute atomic E-state index is 0.133. The van der Waals surface area contributed by atoms with Crippen molar-refractivity contribution >= 4 is 28.7 Å². The molecule has 0 saturated carbocycles. The van der Waals surface area contributed by atoms with E-state index in [1.54, 1.807) is 36.5 Å². The van der Waals surface area contributed by atoms with Crippen LogP contribution in [0.15, 0.2) is 36.5 Å². The number of imidazole rings is 1. The molecule has 5 N–H and O–H groups in total. The first kappa shape index (κ1) is 18.3. The maximum atomic E-state index is 12.5. The van der Waals surface area contributed by atoms with Crippen molar-refractivity contribution in [2.45, 2.75) is 6.42 Å². The Morgan fingerprint density at radius 1 is 1.26 bits per heavy atom. The Balaban J connectivity index is 1.78. The number of H-pyrrole nitrogens is 1. The second-order valence-corrected chi connectivity index (χ2v) is 5.73. The summed E-state index contributed by atoms with van der Waals surface area (Å²) in [5, 5.41) is 5.48. The molecule has 0 fully saturated rings. The number of rotatable bonds is 7. The third kappa shape index (κ3) is 4.21. The van der Waals surface area contributed by atoms with Gasteiger partial charge in [0.2, 0.25) is 0 Å². The van der Waals surface area contributed by atoms with Gasteiger partial charge in [0.05, 0.1) is 18.2 Å². The maximum Gasteiger partial charge on any atom is 0.291 e. The Bertz CT molecular complexity index is 936. The Kier molecular flexibility index (Phi) is 5.62. The van der Waals surface area contributed by atoms with Crippen LogP contribution in [0, 0.1) is 0 Å². The van der Waals surface area contributed by atoms with Crippen LogP contribution in [0.1, 0.15) is 27.4 Å². The zero-order valence-corrected chi connectivity index (χ0v) is 14.8. The van der Waals surface area contributed by atoms with Gasteiger partial charge >= 0.3 is 0 Å². The van der Waals surface area contributed by atoms with Crippen LogP contribution in [-0.2, 0) is 0 Å². The molecule has 1 aromatic carbocycles. The highest BCUT2D eigenvalue weighted by atomic mass is 16.5. The summed E-state index contributed by atoms with van der Waals surface area (Å²) in [6.45, 7) is 0.945. The predicted molar refractivity (Wildman–Crippen MR) is 101 cm³/mol. The number of anilines is 1. The molecule has 0 atom stereocenters. The number of carbonyl (C=O) groups is 2. The van der Waals surface area contributed by atoms with Crippen molar-refractivity contribution in [3.05, 3.63) is 47.9 Å². The van der Waals surface area contributed by atoms with Crippen LogP contribution in [-0.4, -0.2) is 47.0 Å². The molecule has 3 aromatic rings. The number of aromatic amines is 1.